The minimum atomic E-state index is 0.266. The number of ether oxygens (including phenoxy) is 1. The van der Waals surface area contributed by atoms with E-state index >= 15 is 0 Å². The normalized spacial score (nSPS) is 25.1. The van der Waals surface area contributed by atoms with Crippen LogP contribution in [0.15, 0.2) is 11.9 Å². The smallest absolute Gasteiger partial charge is 0.147 e. The number of fused-ring (bicyclic) bond motifs is 2. The number of nitrogens with zero attached hydrogens (tertiary/aromatic N) is 3. The number of rotatable bonds is 4. The highest BCUT2D eigenvalue weighted by atomic mass is 16.5. The van der Waals surface area contributed by atoms with Crippen LogP contribution in [-0.2, 0) is 4.74 Å². The fraction of sp³-hybridized carbons (Fsp3) is 0.818. The molecule has 1 fully saturated rings. The van der Waals surface area contributed by atoms with Crippen LogP contribution in [0.3, 0.4) is 0 Å². The Morgan fingerprint density at radius 3 is 2.80 bits per heavy atom. The van der Waals surface area contributed by atoms with Crippen molar-refractivity contribution in [1.82, 2.24) is 14.7 Å². The third-order valence-corrected chi connectivity index (χ3v) is 3.07. The topological polar surface area (TPSA) is 19.0 Å². The quantitative estimate of drug-likeness (QED) is 0.669. The summed E-state index contributed by atoms with van der Waals surface area (Å²) in [5.41, 5.74) is 1.37. The molecule has 4 nitrogen and oxygen atoms in total. The lowest BCUT2D eigenvalue weighted by molar-refractivity contribution is -0.0890. The minimum absolute atomic E-state index is 0.266. The van der Waals surface area contributed by atoms with Gasteiger partial charge < -0.3 is 19.4 Å². The summed E-state index contributed by atoms with van der Waals surface area (Å²) < 4.78 is 5.87. The predicted octanol–water partition coefficient (Wildman–Crippen LogP) is 0.383. The van der Waals surface area contributed by atoms with E-state index in [4.69, 9.17) is 4.74 Å². The van der Waals surface area contributed by atoms with Crippen molar-refractivity contribution in [2.45, 2.75) is 13.2 Å². The van der Waals surface area contributed by atoms with Gasteiger partial charge in [0, 0.05) is 31.5 Å². The van der Waals surface area contributed by atoms with Crippen LogP contribution in [0, 0.1) is 0 Å². The maximum atomic E-state index is 5.87. The second-order valence-corrected chi connectivity index (χ2v) is 4.58. The van der Waals surface area contributed by atoms with Crippen LogP contribution >= 0.6 is 0 Å². The van der Waals surface area contributed by atoms with Gasteiger partial charge in [-0.25, -0.2) is 0 Å². The summed E-state index contributed by atoms with van der Waals surface area (Å²) >= 11 is 0. The molecule has 0 aromatic heterocycles. The van der Waals surface area contributed by atoms with E-state index < -0.39 is 0 Å². The Hall–Kier alpha value is -0.740. The van der Waals surface area contributed by atoms with Crippen LogP contribution < -0.4 is 0 Å². The summed E-state index contributed by atoms with van der Waals surface area (Å²) in [5, 5.41) is 0. The molecule has 3 aliphatic rings. The van der Waals surface area contributed by atoms with Crippen LogP contribution in [-0.4, -0.2) is 67.8 Å². The summed E-state index contributed by atoms with van der Waals surface area (Å²) in [6.45, 7) is 7.25. The highest BCUT2D eigenvalue weighted by Crippen LogP contribution is 2.22. The van der Waals surface area contributed by atoms with Crippen LogP contribution in [0.2, 0.25) is 0 Å². The van der Waals surface area contributed by atoms with Gasteiger partial charge in [-0.1, -0.05) is 0 Å². The summed E-state index contributed by atoms with van der Waals surface area (Å²) in [6, 6.07) is 0. The molecule has 0 aliphatic carbocycles. The monoisotopic (exact) mass is 211 g/mol. The predicted molar refractivity (Wildman–Crippen MR) is 60.3 cm³/mol. The molecule has 0 spiro atoms. The van der Waals surface area contributed by atoms with Gasteiger partial charge in [0.05, 0.1) is 13.2 Å². The zero-order valence-corrected chi connectivity index (χ0v) is 9.94. The zero-order valence-electron chi connectivity index (χ0n) is 9.94. The van der Waals surface area contributed by atoms with Crippen molar-refractivity contribution < 1.29 is 4.74 Å². The van der Waals surface area contributed by atoms with Gasteiger partial charge in [-0.2, -0.15) is 0 Å². The Morgan fingerprint density at radius 1 is 1.47 bits per heavy atom. The molecule has 0 aromatic rings. The van der Waals surface area contributed by atoms with E-state index in [1.165, 1.54) is 5.70 Å². The average Bonchev–Trinajstić information content (AvgIpc) is 2.19. The second kappa shape index (κ2) is 4.41. The molecule has 0 radical (unpaired) electrons. The van der Waals surface area contributed by atoms with Gasteiger partial charge in [0.2, 0.25) is 0 Å². The van der Waals surface area contributed by atoms with E-state index in [0.29, 0.717) is 0 Å². The Labute approximate surface area is 92.1 Å². The van der Waals surface area contributed by atoms with Crippen molar-refractivity contribution in [3.8, 4) is 0 Å². The second-order valence-electron chi connectivity index (χ2n) is 4.58. The molecule has 0 aromatic carbocycles. The minimum Gasteiger partial charge on any atom is -0.368 e. The Kier molecular flexibility index (Phi) is 3.17. The Balaban J connectivity index is 1.81. The maximum Gasteiger partial charge on any atom is 0.147 e. The van der Waals surface area contributed by atoms with Crippen molar-refractivity contribution in [1.29, 1.82) is 0 Å². The fourth-order valence-electron chi connectivity index (χ4n) is 2.07. The van der Waals surface area contributed by atoms with Gasteiger partial charge in [-0.3, -0.25) is 0 Å². The van der Waals surface area contributed by atoms with Crippen LogP contribution in [0.4, 0.5) is 0 Å². The molecule has 1 unspecified atom stereocenters. The molecule has 1 saturated heterocycles. The largest absolute Gasteiger partial charge is 0.368 e. The van der Waals surface area contributed by atoms with E-state index in [-0.39, 0.29) is 6.23 Å². The number of allylic oxidation sites excluding steroid dienone is 1. The van der Waals surface area contributed by atoms with Crippen LogP contribution in [0.5, 0.6) is 0 Å². The van der Waals surface area contributed by atoms with E-state index in [2.05, 4.69) is 41.9 Å². The summed E-state index contributed by atoms with van der Waals surface area (Å²) in [4.78, 5) is 6.88. The summed E-state index contributed by atoms with van der Waals surface area (Å²) in [5.74, 6) is 0. The Bertz CT molecular complexity index is 252. The number of hydrogen-bond donors (Lipinski definition) is 0. The first-order chi connectivity index (χ1) is 7.16. The van der Waals surface area contributed by atoms with Gasteiger partial charge >= 0.3 is 0 Å². The third kappa shape index (κ3) is 2.44. The highest BCUT2D eigenvalue weighted by Gasteiger charge is 2.30. The molecule has 4 heteroatoms. The van der Waals surface area contributed by atoms with Gasteiger partial charge in [0.1, 0.15) is 6.23 Å². The van der Waals surface area contributed by atoms with Gasteiger partial charge in [0.15, 0.2) is 0 Å². The molecule has 15 heavy (non-hydrogen) atoms. The van der Waals surface area contributed by atoms with E-state index in [0.717, 1.165) is 32.8 Å². The zero-order chi connectivity index (χ0) is 10.8. The first kappa shape index (κ1) is 10.8. The van der Waals surface area contributed by atoms with E-state index in [1.54, 1.807) is 0 Å². The molecule has 0 saturated carbocycles. The van der Waals surface area contributed by atoms with Crippen molar-refractivity contribution in [3.63, 3.8) is 0 Å². The molecule has 3 aliphatic heterocycles. The van der Waals surface area contributed by atoms with Gasteiger partial charge in [0.25, 0.3) is 0 Å². The molecule has 1 atom stereocenters. The van der Waals surface area contributed by atoms with Crippen LogP contribution in [0.1, 0.15) is 6.92 Å². The van der Waals surface area contributed by atoms with Crippen molar-refractivity contribution in [2.75, 3.05) is 46.9 Å². The first-order valence-electron chi connectivity index (χ1n) is 5.62. The molecule has 3 heterocycles. The third-order valence-electron chi connectivity index (χ3n) is 3.07. The molecular weight excluding hydrogens is 190 g/mol. The van der Waals surface area contributed by atoms with E-state index in [1.807, 2.05) is 0 Å². The van der Waals surface area contributed by atoms with Crippen molar-refractivity contribution in [3.05, 3.63) is 11.9 Å². The molecule has 0 amide bonds. The molecule has 3 rings (SSSR count). The molecule has 0 N–H and O–H groups in total. The van der Waals surface area contributed by atoms with Crippen molar-refractivity contribution in [2.24, 2.45) is 0 Å². The molecule has 86 valence electrons. The fourth-order valence-corrected chi connectivity index (χ4v) is 2.07. The first-order valence-corrected chi connectivity index (χ1v) is 5.62. The average molecular weight is 211 g/mol. The van der Waals surface area contributed by atoms with E-state index in [9.17, 15) is 0 Å². The highest BCUT2D eigenvalue weighted by molar-refractivity contribution is 5.07. The van der Waals surface area contributed by atoms with Crippen LogP contribution in [0.25, 0.3) is 0 Å². The molecule has 2 bridgehead atoms. The van der Waals surface area contributed by atoms with Crippen molar-refractivity contribution >= 4 is 0 Å². The Morgan fingerprint density at radius 2 is 2.27 bits per heavy atom. The summed E-state index contributed by atoms with van der Waals surface area (Å²) in [6.07, 6.45) is 2.48. The van der Waals surface area contributed by atoms with Gasteiger partial charge in [-0.15, -0.1) is 0 Å². The lowest BCUT2D eigenvalue weighted by Gasteiger charge is -2.47. The number of hydrogen-bond acceptors (Lipinski definition) is 4. The lowest BCUT2D eigenvalue weighted by Crippen LogP contribution is -2.55. The number of piperazine rings is 1. The molecular formula is C11H21N3O. The lowest BCUT2D eigenvalue weighted by atomic mass is 10.2. The standard InChI is InChI=1S/C11H21N3O/c1-10-8-14-5-4-13(10)9-11(14)15-7-6-12(2)3/h8,11H,4-7,9H2,1-3H3. The maximum absolute atomic E-state index is 5.87. The number of likely N-dealkylation sites (N-methyl/N-ethyl adjacent to an activating group) is 1. The summed E-state index contributed by atoms with van der Waals surface area (Å²) in [7, 11) is 4.15. The van der Waals surface area contributed by atoms with Gasteiger partial charge in [-0.05, 0) is 21.0 Å². The SMILES string of the molecule is CC1=CN2CCN1CC2OCCN(C)C.